The van der Waals surface area contributed by atoms with Crippen molar-refractivity contribution in [2.24, 2.45) is 4.99 Å². The van der Waals surface area contributed by atoms with E-state index in [1.807, 2.05) is 13.1 Å². The first kappa shape index (κ1) is 19.6. The van der Waals surface area contributed by atoms with Crippen LogP contribution in [0.2, 0.25) is 0 Å². The zero-order chi connectivity index (χ0) is 19.1. The van der Waals surface area contributed by atoms with E-state index in [1.54, 1.807) is 11.3 Å². The molecule has 0 radical (unpaired) electrons. The summed E-state index contributed by atoms with van der Waals surface area (Å²) in [5.74, 6) is 0.972. The van der Waals surface area contributed by atoms with Crippen LogP contribution < -0.4 is 5.32 Å². The number of hydrogen-bond donors (Lipinski definition) is 1. The molecule has 1 aliphatic rings. The number of rotatable bonds is 5. The molecular weight excluding hydrogens is 354 g/mol. The molecule has 2 aromatic rings. The third kappa shape index (κ3) is 5.65. The number of aliphatic imine (C=N–C) groups is 1. The molecule has 6 heteroatoms. The Morgan fingerprint density at radius 2 is 1.93 bits per heavy atom. The molecule has 0 bridgehead atoms. The van der Waals surface area contributed by atoms with Crippen molar-refractivity contribution in [2.45, 2.75) is 20.4 Å². The van der Waals surface area contributed by atoms with Gasteiger partial charge >= 0.3 is 0 Å². The Labute approximate surface area is 166 Å². The van der Waals surface area contributed by atoms with E-state index in [2.05, 4.69) is 75.4 Å². The SMILES string of the molecule is CN=C(NCc1nc(C)c(C)s1)N1CCN(C/C=C/c2ccccc2)CC1. The Morgan fingerprint density at radius 1 is 1.19 bits per heavy atom. The molecular formula is C21H29N5S. The van der Waals surface area contributed by atoms with E-state index in [9.17, 15) is 0 Å². The minimum absolute atomic E-state index is 0.742. The van der Waals surface area contributed by atoms with Crippen molar-refractivity contribution in [2.75, 3.05) is 39.8 Å². The first-order chi connectivity index (χ1) is 13.2. The van der Waals surface area contributed by atoms with Crippen LogP contribution in [0.1, 0.15) is 21.1 Å². The highest BCUT2D eigenvalue weighted by Crippen LogP contribution is 2.16. The minimum Gasteiger partial charge on any atom is -0.350 e. The van der Waals surface area contributed by atoms with Crippen molar-refractivity contribution in [1.82, 2.24) is 20.1 Å². The minimum atomic E-state index is 0.742. The maximum absolute atomic E-state index is 4.60. The lowest BCUT2D eigenvalue weighted by molar-refractivity contribution is 0.194. The summed E-state index contributed by atoms with van der Waals surface area (Å²) in [6.07, 6.45) is 4.45. The fourth-order valence-electron chi connectivity index (χ4n) is 3.15. The van der Waals surface area contributed by atoms with Gasteiger partial charge in [-0.05, 0) is 19.4 Å². The summed E-state index contributed by atoms with van der Waals surface area (Å²) < 4.78 is 0. The van der Waals surface area contributed by atoms with Crippen LogP contribution in [-0.4, -0.2) is 60.5 Å². The number of piperazine rings is 1. The monoisotopic (exact) mass is 383 g/mol. The predicted molar refractivity (Wildman–Crippen MR) is 115 cm³/mol. The van der Waals surface area contributed by atoms with E-state index in [1.165, 1.54) is 10.4 Å². The highest BCUT2D eigenvalue weighted by Gasteiger charge is 2.19. The van der Waals surface area contributed by atoms with Crippen molar-refractivity contribution in [3.63, 3.8) is 0 Å². The highest BCUT2D eigenvalue weighted by molar-refractivity contribution is 7.11. The molecule has 0 unspecified atom stereocenters. The van der Waals surface area contributed by atoms with Gasteiger partial charge in [-0.1, -0.05) is 42.5 Å². The van der Waals surface area contributed by atoms with Crippen molar-refractivity contribution < 1.29 is 0 Å². The number of aromatic nitrogens is 1. The third-order valence-corrected chi connectivity index (χ3v) is 5.90. The molecule has 0 spiro atoms. The van der Waals surface area contributed by atoms with E-state index < -0.39 is 0 Å². The van der Waals surface area contributed by atoms with Gasteiger partial charge in [0.15, 0.2) is 5.96 Å². The maximum Gasteiger partial charge on any atom is 0.194 e. The van der Waals surface area contributed by atoms with Gasteiger partial charge in [-0.3, -0.25) is 9.89 Å². The highest BCUT2D eigenvalue weighted by atomic mass is 32.1. The lowest BCUT2D eigenvalue weighted by Crippen LogP contribution is -2.52. The van der Waals surface area contributed by atoms with Crippen LogP contribution in [0.15, 0.2) is 41.4 Å². The van der Waals surface area contributed by atoms with Gasteiger partial charge < -0.3 is 10.2 Å². The van der Waals surface area contributed by atoms with E-state index in [0.717, 1.165) is 55.9 Å². The molecule has 2 heterocycles. The Bertz CT molecular complexity index is 754. The summed E-state index contributed by atoms with van der Waals surface area (Å²) in [7, 11) is 1.86. The van der Waals surface area contributed by atoms with Crippen molar-refractivity contribution in [1.29, 1.82) is 0 Å². The third-order valence-electron chi connectivity index (χ3n) is 4.83. The summed E-state index contributed by atoms with van der Waals surface area (Å²) in [5.41, 5.74) is 2.39. The van der Waals surface area contributed by atoms with E-state index in [0.29, 0.717) is 0 Å². The number of aryl methyl sites for hydroxylation is 2. The summed E-state index contributed by atoms with van der Waals surface area (Å²) in [6.45, 7) is 10.0. The molecule has 1 saturated heterocycles. The Kier molecular flexibility index (Phi) is 7.01. The fourth-order valence-corrected chi connectivity index (χ4v) is 4.02. The first-order valence-electron chi connectivity index (χ1n) is 9.48. The van der Waals surface area contributed by atoms with Crippen LogP contribution in [0.25, 0.3) is 6.08 Å². The predicted octanol–water partition coefficient (Wildman–Crippen LogP) is 3.17. The number of hydrogen-bond acceptors (Lipinski definition) is 4. The lowest BCUT2D eigenvalue weighted by Gasteiger charge is -2.36. The maximum atomic E-state index is 4.60. The standard InChI is InChI=1S/C21H29N5S/c1-17-18(2)27-20(24-17)16-23-21(22-3)26-14-12-25(13-15-26)11-7-10-19-8-5-4-6-9-19/h4-10H,11-16H2,1-3H3,(H,22,23)/b10-7+. The van der Waals surface area contributed by atoms with Gasteiger partial charge in [0.05, 0.1) is 12.2 Å². The molecule has 144 valence electrons. The number of nitrogens with one attached hydrogen (secondary N) is 1. The summed E-state index contributed by atoms with van der Waals surface area (Å²) in [4.78, 5) is 15.2. The van der Waals surface area contributed by atoms with Gasteiger partial charge in [0.25, 0.3) is 0 Å². The zero-order valence-electron chi connectivity index (χ0n) is 16.5. The number of guanidine groups is 1. The second-order valence-electron chi connectivity index (χ2n) is 6.75. The van der Waals surface area contributed by atoms with Gasteiger partial charge in [0.1, 0.15) is 5.01 Å². The van der Waals surface area contributed by atoms with Gasteiger partial charge in [-0.15, -0.1) is 11.3 Å². The van der Waals surface area contributed by atoms with Gasteiger partial charge in [-0.2, -0.15) is 0 Å². The zero-order valence-corrected chi connectivity index (χ0v) is 17.3. The Balaban J connectivity index is 1.43. The molecule has 1 aromatic heterocycles. The molecule has 1 aliphatic heterocycles. The van der Waals surface area contributed by atoms with Crippen LogP contribution in [0.4, 0.5) is 0 Å². The molecule has 1 N–H and O–H groups in total. The summed E-state index contributed by atoms with van der Waals surface area (Å²) in [5, 5.41) is 4.59. The second-order valence-corrected chi connectivity index (χ2v) is 8.04. The van der Waals surface area contributed by atoms with Crippen molar-refractivity contribution in [3.8, 4) is 0 Å². The van der Waals surface area contributed by atoms with E-state index in [-0.39, 0.29) is 0 Å². The smallest absolute Gasteiger partial charge is 0.194 e. The molecule has 3 rings (SSSR count). The summed E-state index contributed by atoms with van der Waals surface area (Å²) >= 11 is 1.76. The average molecular weight is 384 g/mol. The van der Waals surface area contributed by atoms with Gasteiger partial charge in [0.2, 0.25) is 0 Å². The second kappa shape index (κ2) is 9.67. The first-order valence-corrected chi connectivity index (χ1v) is 10.3. The number of benzene rings is 1. The van der Waals surface area contributed by atoms with Crippen LogP contribution in [-0.2, 0) is 6.54 Å². The molecule has 27 heavy (non-hydrogen) atoms. The molecule has 0 aliphatic carbocycles. The topological polar surface area (TPSA) is 43.8 Å². The molecule has 0 amide bonds. The Hall–Kier alpha value is -2.18. The molecule has 5 nitrogen and oxygen atoms in total. The molecule has 1 fully saturated rings. The number of nitrogens with zero attached hydrogens (tertiary/aromatic N) is 4. The molecule has 0 atom stereocenters. The average Bonchev–Trinajstić information content (AvgIpc) is 3.02. The Morgan fingerprint density at radius 3 is 2.56 bits per heavy atom. The van der Waals surface area contributed by atoms with Crippen molar-refractivity contribution >= 4 is 23.4 Å². The largest absolute Gasteiger partial charge is 0.350 e. The van der Waals surface area contributed by atoms with E-state index in [4.69, 9.17) is 0 Å². The van der Waals surface area contributed by atoms with Crippen LogP contribution in [0.3, 0.4) is 0 Å². The number of thiazole rings is 1. The molecule has 1 aromatic carbocycles. The normalized spacial score (nSPS) is 16.3. The fraction of sp³-hybridized carbons (Fsp3) is 0.429. The van der Waals surface area contributed by atoms with Gasteiger partial charge in [-0.25, -0.2) is 4.98 Å². The van der Waals surface area contributed by atoms with Crippen LogP contribution in [0, 0.1) is 13.8 Å². The summed E-state index contributed by atoms with van der Waals surface area (Å²) in [6, 6.07) is 10.5. The molecule has 0 saturated carbocycles. The van der Waals surface area contributed by atoms with Crippen LogP contribution in [0.5, 0.6) is 0 Å². The van der Waals surface area contributed by atoms with E-state index >= 15 is 0 Å². The lowest BCUT2D eigenvalue weighted by atomic mass is 10.2. The quantitative estimate of drug-likeness (QED) is 0.636. The van der Waals surface area contributed by atoms with Crippen molar-refractivity contribution in [3.05, 3.63) is 57.6 Å². The van der Waals surface area contributed by atoms with Crippen LogP contribution >= 0.6 is 11.3 Å². The van der Waals surface area contributed by atoms with Gasteiger partial charge in [0, 0.05) is 44.6 Å².